The van der Waals surface area contributed by atoms with Crippen molar-refractivity contribution in [2.75, 3.05) is 26.3 Å². The fourth-order valence-corrected chi connectivity index (χ4v) is 0.847. The second kappa shape index (κ2) is 6.92. The van der Waals surface area contributed by atoms with Crippen molar-refractivity contribution in [3.05, 3.63) is 12.8 Å². The Morgan fingerprint density at radius 3 is 2.77 bits per heavy atom. The normalized spacial score (nSPS) is 11.3. The molecule has 0 saturated carbocycles. The number of rotatable bonds is 8. The van der Waals surface area contributed by atoms with Gasteiger partial charge in [0.25, 0.3) is 0 Å². The minimum absolute atomic E-state index is 0.0285. The van der Waals surface area contributed by atoms with Crippen molar-refractivity contribution in [3.8, 4) is 0 Å². The van der Waals surface area contributed by atoms with E-state index in [-0.39, 0.29) is 12.0 Å². The molecule has 0 heterocycles. The predicted octanol–water partition coefficient (Wildman–Crippen LogP) is 1.14. The fourth-order valence-electron chi connectivity index (χ4n) is 0.847. The molecule has 0 saturated heterocycles. The summed E-state index contributed by atoms with van der Waals surface area (Å²) >= 11 is 0. The first-order chi connectivity index (χ1) is 6.12. The Morgan fingerprint density at radius 1 is 1.54 bits per heavy atom. The smallest absolute Gasteiger partial charge is 0.0885 e. The Labute approximate surface area is 80.8 Å². The molecule has 0 fully saturated rings. The molecule has 0 bridgehead atoms. The summed E-state index contributed by atoms with van der Waals surface area (Å²) in [5, 5.41) is 12.2. The summed E-state index contributed by atoms with van der Waals surface area (Å²) in [4.78, 5) is 0. The van der Waals surface area contributed by atoms with E-state index in [1.165, 1.54) is 6.26 Å². The van der Waals surface area contributed by atoms with Crippen LogP contribution >= 0.6 is 0 Å². The average molecular weight is 187 g/mol. The Kier molecular flexibility index (Phi) is 6.63. The number of aliphatic hydroxyl groups is 1. The van der Waals surface area contributed by atoms with E-state index < -0.39 is 0 Å². The second-order valence-electron chi connectivity index (χ2n) is 3.89. The van der Waals surface area contributed by atoms with Gasteiger partial charge in [0, 0.05) is 18.6 Å². The van der Waals surface area contributed by atoms with Crippen LogP contribution in [0.25, 0.3) is 0 Å². The predicted molar refractivity (Wildman–Crippen MR) is 54.5 cm³/mol. The van der Waals surface area contributed by atoms with Crippen LogP contribution in [-0.2, 0) is 4.74 Å². The van der Waals surface area contributed by atoms with Crippen molar-refractivity contribution in [3.63, 3.8) is 0 Å². The van der Waals surface area contributed by atoms with E-state index in [1.54, 1.807) is 0 Å². The largest absolute Gasteiger partial charge is 0.502 e. The highest BCUT2D eigenvalue weighted by Gasteiger charge is 2.14. The van der Waals surface area contributed by atoms with Gasteiger partial charge in [-0.05, 0) is 13.0 Å². The van der Waals surface area contributed by atoms with Crippen molar-refractivity contribution in [1.82, 2.24) is 5.32 Å². The number of hydrogen-bond acceptors (Lipinski definition) is 3. The molecule has 0 aliphatic rings. The maximum absolute atomic E-state index is 8.96. The van der Waals surface area contributed by atoms with Gasteiger partial charge in [-0.1, -0.05) is 20.4 Å². The Bertz CT molecular complexity index is 135. The minimum atomic E-state index is -0.0285. The van der Waals surface area contributed by atoms with Gasteiger partial charge in [-0.3, -0.25) is 0 Å². The van der Waals surface area contributed by atoms with Crippen LogP contribution in [0.2, 0.25) is 0 Å². The van der Waals surface area contributed by atoms with Crippen molar-refractivity contribution >= 4 is 0 Å². The molecule has 3 nitrogen and oxygen atoms in total. The van der Waals surface area contributed by atoms with Gasteiger partial charge in [0.05, 0.1) is 12.9 Å². The molecule has 0 radical (unpaired) electrons. The maximum Gasteiger partial charge on any atom is 0.0885 e. The Hall–Kier alpha value is -0.540. The van der Waals surface area contributed by atoms with Crippen LogP contribution in [0.3, 0.4) is 0 Å². The van der Waals surface area contributed by atoms with Crippen LogP contribution in [0.1, 0.15) is 20.3 Å². The van der Waals surface area contributed by atoms with Gasteiger partial charge >= 0.3 is 0 Å². The molecule has 2 N–H and O–H groups in total. The first-order valence-electron chi connectivity index (χ1n) is 4.66. The molecule has 0 aromatic rings. The van der Waals surface area contributed by atoms with Crippen LogP contribution in [0.5, 0.6) is 0 Å². The van der Waals surface area contributed by atoms with Gasteiger partial charge in [-0.2, -0.15) is 0 Å². The topological polar surface area (TPSA) is 41.5 Å². The highest BCUT2D eigenvalue weighted by molar-refractivity contribution is 4.69. The van der Waals surface area contributed by atoms with Crippen LogP contribution in [0, 0.1) is 5.41 Å². The molecule has 0 rings (SSSR count). The zero-order valence-electron chi connectivity index (χ0n) is 8.68. The molecule has 0 aliphatic heterocycles. The molecule has 0 aliphatic carbocycles. The molecule has 0 amide bonds. The van der Waals surface area contributed by atoms with Crippen molar-refractivity contribution in [1.29, 1.82) is 0 Å². The molecule has 0 atom stereocenters. The first kappa shape index (κ1) is 12.5. The molecule has 3 heteroatoms. The lowest BCUT2D eigenvalue weighted by atomic mass is 9.95. The molecule has 0 aromatic carbocycles. The standard InChI is InChI=1S/C10H21NO2/c1-4-13-7-5-6-11-8-10(2,3)9-12/h4,11-12H,1,5-9H2,2-3H3. The van der Waals surface area contributed by atoms with Gasteiger partial charge in [0.15, 0.2) is 0 Å². The third-order valence-corrected chi connectivity index (χ3v) is 1.77. The minimum Gasteiger partial charge on any atom is -0.502 e. The van der Waals surface area contributed by atoms with Gasteiger partial charge in [0.2, 0.25) is 0 Å². The quantitative estimate of drug-likeness (QED) is 0.442. The van der Waals surface area contributed by atoms with Gasteiger partial charge < -0.3 is 15.2 Å². The molecular weight excluding hydrogens is 166 g/mol. The SMILES string of the molecule is C=COCCCNCC(C)(C)CO. The molecule has 13 heavy (non-hydrogen) atoms. The molecule has 78 valence electrons. The molecular formula is C10H21NO2. The van der Waals surface area contributed by atoms with E-state index in [9.17, 15) is 0 Å². The fraction of sp³-hybridized carbons (Fsp3) is 0.800. The van der Waals surface area contributed by atoms with Gasteiger partial charge in [-0.15, -0.1) is 0 Å². The lowest BCUT2D eigenvalue weighted by Gasteiger charge is -2.21. The summed E-state index contributed by atoms with van der Waals surface area (Å²) in [6.07, 6.45) is 2.42. The van der Waals surface area contributed by atoms with E-state index in [2.05, 4.69) is 11.9 Å². The molecule has 0 unspecified atom stereocenters. The van der Waals surface area contributed by atoms with Crippen LogP contribution in [-0.4, -0.2) is 31.4 Å². The van der Waals surface area contributed by atoms with Crippen LogP contribution in [0.4, 0.5) is 0 Å². The first-order valence-corrected chi connectivity index (χ1v) is 4.66. The van der Waals surface area contributed by atoms with Crippen molar-refractivity contribution < 1.29 is 9.84 Å². The Balaban J connectivity index is 3.20. The van der Waals surface area contributed by atoms with E-state index in [0.717, 1.165) is 19.5 Å². The lowest BCUT2D eigenvalue weighted by Crippen LogP contribution is -2.33. The zero-order chi connectivity index (χ0) is 10.2. The summed E-state index contributed by atoms with van der Waals surface area (Å²) in [6, 6.07) is 0. The summed E-state index contributed by atoms with van der Waals surface area (Å²) in [5.74, 6) is 0. The van der Waals surface area contributed by atoms with Crippen molar-refractivity contribution in [2.45, 2.75) is 20.3 Å². The zero-order valence-corrected chi connectivity index (χ0v) is 8.68. The maximum atomic E-state index is 8.96. The van der Waals surface area contributed by atoms with E-state index >= 15 is 0 Å². The summed E-state index contributed by atoms with van der Waals surface area (Å²) in [7, 11) is 0. The van der Waals surface area contributed by atoms with Crippen LogP contribution in [0.15, 0.2) is 12.8 Å². The number of aliphatic hydroxyl groups excluding tert-OH is 1. The third-order valence-electron chi connectivity index (χ3n) is 1.77. The monoisotopic (exact) mass is 187 g/mol. The van der Waals surface area contributed by atoms with E-state index in [1.807, 2.05) is 13.8 Å². The summed E-state index contributed by atoms with van der Waals surface area (Å²) < 4.78 is 4.97. The average Bonchev–Trinajstić information content (AvgIpc) is 2.11. The molecule has 0 spiro atoms. The number of nitrogens with one attached hydrogen (secondary N) is 1. The molecule has 0 aromatic heterocycles. The van der Waals surface area contributed by atoms with E-state index in [4.69, 9.17) is 9.84 Å². The van der Waals surface area contributed by atoms with Gasteiger partial charge in [0.1, 0.15) is 0 Å². The second-order valence-corrected chi connectivity index (χ2v) is 3.89. The van der Waals surface area contributed by atoms with E-state index in [0.29, 0.717) is 6.61 Å². The highest BCUT2D eigenvalue weighted by Crippen LogP contribution is 2.10. The van der Waals surface area contributed by atoms with Gasteiger partial charge in [-0.25, -0.2) is 0 Å². The highest BCUT2D eigenvalue weighted by atomic mass is 16.5. The van der Waals surface area contributed by atoms with Crippen molar-refractivity contribution in [2.24, 2.45) is 5.41 Å². The third kappa shape index (κ3) is 7.81. The summed E-state index contributed by atoms with van der Waals surface area (Å²) in [5.41, 5.74) is -0.0285. The summed E-state index contributed by atoms with van der Waals surface area (Å²) in [6.45, 7) is 10.2. The Morgan fingerprint density at radius 2 is 2.23 bits per heavy atom. The lowest BCUT2D eigenvalue weighted by molar-refractivity contribution is 0.155. The van der Waals surface area contributed by atoms with Crippen LogP contribution < -0.4 is 5.32 Å². The number of hydrogen-bond donors (Lipinski definition) is 2. The number of ether oxygens (including phenoxy) is 1.